The Bertz CT molecular complexity index is 843. The Morgan fingerprint density at radius 1 is 1.04 bits per heavy atom. The first-order valence-electron chi connectivity index (χ1n) is 7.39. The zero-order valence-electron chi connectivity index (χ0n) is 13.4. The van der Waals surface area contributed by atoms with Crippen molar-refractivity contribution in [3.05, 3.63) is 59.6 Å². The molecule has 8 heteroatoms. The summed E-state index contributed by atoms with van der Waals surface area (Å²) in [5.74, 6) is -0.866. The van der Waals surface area contributed by atoms with Gasteiger partial charge in [-0.15, -0.1) is 0 Å². The molecule has 0 aliphatic carbocycles. The van der Waals surface area contributed by atoms with Crippen LogP contribution in [0.3, 0.4) is 0 Å². The fourth-order valence-corrected chi connectivity index (χ4v) is 2.34. The lowest BCUT2D eigenvalue weighted by Crippen LogP contribution is -2.04. The molecule has 1 unspecified atom stereocenters. The molecule has 0 fully saturated rings. The maximum absolute atomic E-state index is 12.5. The van der Waals surface area contributed by atoms with E-state index in [1.807, 2.05) is 25.1 Å². The Hall–Kier alpha value is -2.90. The number of pyridine rings is 1. The lowest BCUT2D eigenvalue weighted by Gasteiger charge is -2.12. The van der Waals surface area contributed by atoms with Crippen molar-refractivity contribution in [3.8, 4) is 17.3 Å². The standard InChI is InChI=1S/C17H14F3N3O2/c1-10(13-7-8-14(24-2)21-9-13)11-3-5-12(6-4-11)15-22-16(25-23-15)17(18,19)20/h3-10H,1-2H3. The minimum Gasteiger partial charge on any atom is -0.481 e. The Kier molecular flexibility index (Phi) is 4.43. The number of halogens is 3. The number of ether oxygens (including phenoxy) is 1. The van der Waals surface area contributed by atoms with Crippen LogP contribution in [-0.2, 0) is 6.18 Å². The maximum Gasteiger partial charge on any atom is 0.471 e. The lowest BCUT2D eigenvalue weighted by molar-refractivity contribution is -0.159. The molecule has 5 nitrogen and oxygen atoms in total. The summed E-state index contributed by atoms with van der Waals surface area (Å²) in [5, 5.41) is 3.37. The van der Waals surface area contributed by atoms with Crippen molar-refractivity contribution in [2.45, 2.75) is 19.0 Å². The largest absolute Gasteiger partial charge is 0.481 e. The number of methoxy groups -OCH3 is 1. The molecule has 0 radical (unpaired) electrons. The predicted octanol–water partition coefficient (Wildman–Crippen LogP) is 4.31. The van der Waals surface area contributed by atoms with E-state index in [-0.39, 0.29) is 11.7 Å². The van der Waals surface area contributed by atoms with Crippen LogP contribution in [0.2, 0.25) is 0 Å². The van der Waals surface area contributed by atoms with Gasteiger partial charge in [0.15, 0.2) is 0 Å². The molecule has 0 amide bonds. The summed E-state index contributed by atoms with van der Waals surface area (Å²) in [6.45, 7) is 2.01. The highest BCUT2D eigenvalue weighted by molar-refractivity contribution is 5.55. The Labute approximate surface area is 141 Å². The lowest BCUT2D eigenvalue weighted by atomic mass is 9.93. The van der Waals surface area contributed by atoms with Crippen LogP contribution in [0, 0.1) is 0 Å². The summed E-state index contributed by atoms with van der Waals surface area (Å²) in [6.07, 6.45) is -2.92. The average molecular weight is 349 g/mol. The molecule has 3 aromatic rings. The summed E-state index contributed by atoms with van der Waals surface area (Å²) in [5.41, 5.74) is 2.42. The second-order valence-corrected chi connectivity index (χ2v) is 5.40. The molecule has 0 spiro atoms. The minimum atomic E-state index is -4.65. The summed E-state index contributed by atoms with van der Waals surface area (Å²) in [6, 6.07) is 10.6. The van der Waals surface area contributed by atoms with Gasteiger partial charge >= 0.3 is 12.1 Å². The van der Waals surface area contributed by atoms with Crippen LogP contribution in [0.25, 0.3) is 11.4 Å². The number of rotatable bonds is 4. The highest BCUT2D eigenvalue weighted by Crippen LogP contribution is 2.30. The quantitative estimate of drug-likeness (QED) is 0.702. The van der Waals surface area contributed by atoms with Gasteiger partial charge in [0, 0.05) is 23.7 Å². The van der Waals surface area contributed by atoms with E-state index in [0.29, 0.717) is 11.4 Å². The highest BCUT2D eigenvalue weighted by Gasteiger charge is 2.38. The molecule has 3 rings (SSSR count). The van der Waals surface area contributed by atoms with Crippen molar-refractivity contribution in [2.75, 3.05) is 7.11 Å². The van der Waals surface area contributed by atoms with Gasteiger partial charge in [0.1, 0.15) is 0 Å². The van der Waals surface area contributed by atoms with Gasteiger partial charge in [-0.25, -0.2) is 4.98 Å². The number of hydrogen-bond acceptors (Lipinski definition) is 5. The molecular formula is C17H14F3N3O2. The van der Waals surface area contributed by atoms with Gasteiger partial charge in [-0.3, -0.25) is 0 Å². The second kappa shape index (κ2) is 6.54. The van der Waals surface area contributed by atoms with Gasteiger partial charge in [-0.2, -0.15) is 18.2 Å². The molecule has 0 bridgehead atoms. The van der Waals surface area contributed by atoms with Gasteiger partial charge in [-0.1, -0.05) is 42.4 Å². The molecule has 130 valence electrons. The van der Waals surface area contributed by atoms with E-state index in [9.17, 15) is 13.2 Å². The van der Waals surface area contributed by atoms with Gasteiger partial charge in [0.05, 0.1) is 7.11 Å². The third-order valence-corrected chi connectivity index (χ3v) is 3.81. The smallest absolute Gasteiger partial charge is 0.471 e. The van der Waals surface area contributed by atoms with Gasteiger partial charge < -0.3 is 9.26 Å². The number of aromatic nitrogens is 3. The molecule has 0 aliphatic heterocycles. The van der Waals surface area contributed by atoms with Crippen LogP contribution in [0.4, 0.5) is 13.2 Å². The van der Waals surface area contributed by atoms with Gasteiger partial charge in [0.25, 0.3) is 0 Å². The summed E-state index contributed by atoms with van der Waals surface area (Å²) < 4.78 is 46.8. The van der Waals surface area contributed by atoms with Gasteiger partial charge in [-0.05, 0) is 11.1 Å². The third-order valence-electron chi connectivity index (χ3n) is 3.81. The van der Waals surface area contributed by atoms with Crippen molar-refractivity contribution in [1.29, 1.82) is 0 Å². The fourth-order valence-electron chi connectivity index (χ4n) is 2.34. The minimum absolute atomic E-state index is 0.0588. The predicted molar refractivity (Wildman–Crippen MR) is 83.0 cm³/mol. The molecular weight excluding hydrogens is 335 g/mol. The molecule has 1 aromatic carbocycles. The second-order valence-electron chi connectivity index (χ2n) is 5.40. The van der Waals surface area contributed by atoms with E-state index in [0.717, 1.165) is 11.1 Å². The van der Waals surface area contributed by atoms with Gasteiger partial charge in [0.2, 0.25) is 11.7 Å². The zero-order valence-corrected chi connectivity index (χ0v) is 13.4. The zero-order chi connectivity index (χ0) is 18.0. The third kappa shape index (κ3) is 3.62. The monoisotopic (exact) mass is 349 g/mol. The number of nitrogens with zero attached hydrogens (tertiary/aromatic N) is 3. The molecule has 25 heavy (non-hydrogen) atoms. The van der Waals surface area contributed by atoms with E-state index >= 15 is 0 Å². The molecule has 2 heterocycles. The van der Waals surface area contributed by atoms with Crippen molar-refractivity contribution in [1.82, 2.24) is 15.1 Å². The SMILES string of the molecule is COc1ccc(C(C)c2ccc(-c3noc(C(F)(F)F)n3)cc2)cn1. The Morgan fingerprint density at radius 3 is 2.24 bits per heavy atom. The molecule has 0 saturated carbocycles. The van der Waals surface area contributed by atoms with E-state index in [1.54, 1.807) is 31.5 Å². The van der Waals surface area contributed by atoms with Crippen molar-refractivity contribution >= 4 is 0 Å². The van der Waals surface area contributed by atoms with E-state index in [2.05, 4.69) is 19.6 Å². The molecule has 1 atom stereocenters. The number of benzene rings is 1. The van der Waals surface area contributed by atoms with E-state index in [1.165, 1.54) is 0 Å². The average Bonchev–Trinajstić information content (AvgIpc) is 3.12. The van der Waals surface area contributed by atoms with Crippen LogP contribution in [0.15, 0.2) is 47.1 Å². The number of hydrogen-bond donors (Lipinski definition) is 0. The number of alkyl halides is 3. The van der Waals surface area contributed by atoms with Crippen molar-refractivity contribution in [2.24, 2.45) is 0 Å². The first-order chi connectivity index (χ1) is 11.9. The maximum atomic E-state index is 12.5. The summed E-state index contributed by atoms with van der Waals surface area (Å²) >= 11 is 0. The van der Waals surface area contributed by atoms with E-state index in [4.69, 9.17) is 4.74 Å². The van der Waals surface area contributed by atoms with Crippen LogP contribution in [0.1, 0.15) is 29.9 Å². The summed E-state index contributed by atoms with van der Waals surface area (Å²) in [7, 11) is 1.55. The van der Waals surface area contributed by atoms with Crippen LogP contribution < -0.4 is 4.74 Å². The molecule has 2 aromatic heterocycles. The Balaban J connectivity index is 1.80. The molecule has 0 N–H and O–H groups in total. The Morgan fingerprint density at radius 2 is 1.72 bits per heavy atom. The molecule has 0 aliphatic rings. The van der Waals surface area contributed by atoms with Crippen LogP contribution in [-0.4, -0.2) is 22.2 Å². The topological polar surface area (TPSA) is 61.0 Å². The van der Waals surface area contributed by atoms with Crippen molar-refractivity contribution < 1.29 is 22.4 Å². The molecule has 0 saturated heterocycles. The van der Waals surface area contributed by atoms with Crippen LogP contribution >= 0.6 is 0 Å². The summed E-state index contributed by atoms with van der Waals surface area (Å²) in [4.78, 5) is 7.55. The normalized spacial score (nSPS) is 12.8. The van der Waals surface area contributed by atoms with E-state index < -0.39 is 12.1 Å². The first kappa shape index (κ1) is 16.9. The fraction of sp³-hybridized carbons (Fsp3) is 0.235. The highest BCUT2D eigenvalue weighted by atomic mass is 19.4. The van der Waals surface area contributed by atoms with Crippen molar-refractivity contribution in [3.63, 3.8) is 0 Å². The first-order valence-corrected chi connectivity index (χ1v) is 7.39. The van der Waals surface area contributed by atoms with Crippen LogP contribution in [0.5, 0.6) is 5.88 Å².